The van der Waals surface area contributed by atoms with Gasteiger partial charge in [-0.3, -0.25) is 0 Å². The van der Waals surface area contributed by atoms with E-state index >= 15 is 0 Å². The smallest absolute Gasteiger partial charge is 0.331 e. The fraction of sp³-hybridized carbons (Fsp3) is 0.843. The zero-order valence-corrected chi connectivity index (χ0v) is 58.6. The quantitative estimate of drug-likeness (QED) is 0.0458. The van der Waals surface area contributed by atoms with E-state index in [1.54, 1.807) is 54.3 Å². The average Bonchev–Trinajstić information content (AvgIpc) is 1.60. The lowest BCUT2D eigenvalue weighted by molar-refractivity contribution is -0.373. The van der Waals surface area contributed by atoms with Crippen LogP contribution < -0.4 is 0 Å². The Morgan fingerprint density at radius 2 is 1.09 bits per heavy atom. The third-order valence-corrected chi connectivity index (χ3v) is 24.1. The van der Waals surface area contributed by atoms with Crippen LogP contribution in [0.3, 0.4) is 0 Å². The number of carbonyl (C=O) groups excluding carboxylic acids is 1. The molecule has 36 atom stereocenters. The van der Waals surface area contributed by atoms with Crippen molar-refractivity contribution in [2.75, 3.05) is 35.0 Å². The molecule has 6 aliphatic heterocycles. The van der Waals surface area contributed by atoms with Crippen molar-refractivity contribution in [3.8, 4) is 0 Å². The standard InChI is InChI=1S/C70H108O29/c1-33-57(98-64-56(78)62(86-12)61(37(5)91-64)99-63-55(77)54(76)53(75)45(32-71)93-63)41(73)26-49(87-33)95-58-35(3)89-51(28-43(58)84-10)97-60-36(4)90-52(29-44(60)85-11)96-59-34(2)88-50(27-42(59)83-9)92-40-20-21-65(7)46-30-47(94-48(74)19-18-39-16-14-13-15-17-39)66(8)68(80,38(6)72)24-25-70(66,82)69(46,81)23-22-67(65,79)31-40/h13-19,22-23,33-38,40-47,49-64,71-73,75-82H,20-21,24-32H2,1-12H3/b19-18+/t33-,34-,35-,36-,37-,38?,40+,41-,42+,43+,44-,45-,46-,47-,49+,50+,51+,52+,53-,54+,55-,56-,57-,58-,59-,60-,61-,62+,63+,64+,65-,66-,67-,68-,69+,70-/m1/s1. The first-order valence-electron chi connectivity index (χ1n) is 35.0. The topological polar surface area (TPSA) is 397 Å². The fourth-order valence-electron chi connectivity index (χ4n) is 18.2. The van der Waals surface area contributed by atoms with Crippen molar-refractivity contribution < 1.29 is 141 Å². The van der Waals surface area contributed by atoms with Crippen LogP contribution in [0.1, 0.15) is 125 Å². The van der Waals surface area contributed by atoms with Gasteiger partial charge in [-0.1, -0.05) is 56.3 Å². The van der Waals surface area contributed by atoms with Gasteiger partial charge in [-0.05, 0) is 85.3 Å². The molecule has 1 aromatic rings. The van der Waals surface area contributed by atoms with Crippen LogP contribution in [-0.2, 0) is 85.3 Å². The second-order valence-electron chi connectivity index (χ2n) is 29.6. The Bertz CT molecular complexity index is 2880. The summed E-state index contributed by atoms with van der Waals surface area (Å²) in [5, 5.41) is 126. The van der Waals surface area contributed by atoms with Gasteiger partial charge in [0, 0.05) is 78.0 Å². The Hall–Kier alpha value is -2.91. The molecule has 4 aliphatic carbocycles. The van der Waals surface area contributed by atoms with Crippen molar-refractivity contribution in [2.24, 2.45) is 16.7 Å². The van der Waals surface area contributed by atoms with Gasteiger partial charge in [0.15, 0.2) is 37.7 Å². The normalized spacial score (nSPS) is 51.2. The molecular formula is C70H108O29. The highest BCUT2D eigenvalue weighted by Gasteiger charge is 2.82. The largest absolute Gasteiger partial charge is 0.458 e. The second-order valence-corrected chi connectivity index (χ2v) is 29.6. The number of fused-ring (bicyclic) bond motifs is 5. The first-order valence-corrected chi connectivity index (χ1v) is 35.0. The van der Waals surface area contributed by atoms with Gasteiger partial charge >= 0.3 is 5.97 Å². The highest BCUT2D eigenvalue weighted by atomic mass is 16.8. The van der Waals surface area contributed by atoms with Crippen molar-refractivity contribution in [3.63, 3.8) is 0 Å². The fourth-order valence-corrected chi connectivity index (χ4v) is 18.2. The SMILES string of the molecule is CO[C@H]1[C@@H](O)[C@H](O[C@H]2[C@H](O)C[C@H](O[C@H]3[C@@H](OC)C[C@H](O[C@@H]4[C@@H](C)O[C@@H](O[C@H]5[C@@H](OC)C[C@H](O[C@H]6CC[C@]7(C)[C@H]8C[C@@H](OC(=O)/C=C/c9ccccc9)[C@@]9(C)[C@](O)(CC[C@@]9(O)C(C)O)[C@]8(O)C=C[C@@]7(O)C6)O[C@@H]5C)C[C@H]4OC)O[C@@H]3C)O[C@@H]2C)O[C@H](C)[C@H]1O[C@@H]1O[C@H](CO)[C@@H](O)[C@H](O)[C@H]1O. The summed E-state index contributed by atoms with van der Waals surface area (Å²) in [4.78, 5) is 13.7. The van der Waals surface area contributed by atoms with E-state index in [0.717, 1.165) is 5.56 Å². The molecule has 29 heteroatoms. The molecule has 11 N–H and O–H groups in total. The van der Waals surface area contributed by atoms with Gasteiger partial charge in [-0.15, -0.1) is 0 Å². The first kappa shape index (κ1) is 77.2. The van der Waals surface area contributed by atoms with Crippen LogP contribution in [-0.4, -0.2) is 298 Å². The molecule has 0 amide bonds. The van der Waals surface area contributed by atoms with Crippen molar-refractivity contribution >= 4 is 12.0 Å². The van der Waals surface area contributed by atoms with Crippen LogP contribution in [0.2, 0.25) is 0 Å². The molecule has 11 rings (SSSR count). The van der Waals surface area contributed by atoms with Crippen molar-refractivity contribution in [2.45, 2.75) is 320 Å². The molecule has 6 heterocycles. The summed E-state index contributed by atoms with van der Waals surface area (Å²) in [5.41, 5.74) is -9.78. The molecule has 6 saturated heterocycles. The summed E-state index contributed by atoms with van der Waals surface area (Å²) in [7, 11) is 6.05. The maximum absolute atomic E-state index is 13.7. The third-order valence-electron chi connectivity index (χ3n) is 24.1. The van der Waals surface area contributed by atoms with E-state index in [4.69, 9.17) is 80.5 Å². The van der Waals surface area contributed by atoms with E-state index in [9.17, 15) is 61.0 Å². The molecule has 0 radical (unpaired) electrons. The van der Waals surface area contributed by atoms with Crippen LogP contribution in [0.4, 0.5) is 0 Å². The van der Waals surface area contributed by atoms with E-state index in [0.29, 0.717) is 12.8 Å². The van der Waals surface area contributed by atoms with E-state index in [1.807, 2.05) is 58.0 Å². The zero-order chi connectivity index (χ0) is 71.6. The van der Waals surface area contributed by atoms with Crippen LogP contribution >= 0.6 is 0 Å². The second kappa shape index (κ2) is 30.5. The number of aliphatic hydroxyl groups excluding tert-OH is 7. The van der Waals surface area contributed by atoms with Gasteiger partial charge in [0.25, 0.3) is 0 Å². The third kappa shape index (κ3) is 14.2. The molecule has 99 heavy (non-hydrogen) atoms. The monoisotopic (exact) mass is 1410 g/mol. The highest BCUT2D eigenvalue weighted by molar-refractivity contribution is 5.87. The van der Waals surface area contributed by atoms with Gasteiger partial charge in [0.2, 0.25) is 0 Å². The van der Waals surface area contributed by atoms with Crippen LogP contribution in [0, 0.1) is 16.7 Å². The maximum Gasteiger partial charge on any atom is 0.331 e. The number of hydrogen-bond acceptors (Lipinski definition) is 29. The Kier molecular flexibility index (Phi) is 23.8. The molecule has 29 nitrogen and oxygen atoms in total. The minimum atomic E-state index is -2.11. The lowest BCUT2D eigenvalue weighted by atomic mass is 9.41. The molecular weight excluding hydrogens is 1300 g/mol. The minimum Gasteiger partial charge on any atom is -0.458 e. The molecule has 0 aromatic heterocycles. The van der Waals surface area contributed by atoms with E-state index in [1.165, 1.54) is 26.2 Å². The molecule has 0 spiro atoms. The Morgan fingerprint density at radius 3 is 1.62 bits per heavy atom. The Labute approximate surface area is 577 Å². The van der Waals surface area contributed by atoms with Crippen LogP contribution in [0.25, 0.3) is 6.08 Å². The molecule has 1 aromatic carbocycles. The number of methoxy groups -OCH3 is 4. The van der Waals surface area contributed by atoms with E-state index < -0.39 is 230 Å². The summed E-state index contributed by atoms with van der Waals surface area (Å²) in [6.45, 7) is 13.0. The first-order chi connectivity index (χ1) is 46.8. The number of carbonyl (C=O) groups is 1. The van der Waals surface area contributed by atoms with Crippen molar-refractivity contribution in [1.29, 1.82) is 0 Å². The number of ether oxygens (including phenoxy) is 17. The van der Waals surface area contributed by atoms with Gasteiger partial charge in [0.1, 0.15) is 90.1 Å². The molecule has 9 fully saturated rings. The molecule has 3 saturated carbocycles. The van der Waals surface area contributed by atoms with Gasteiger partial charge in [-0.25, -0.2) is 4.79 Å². The lowest BCUT2D eigenvalue weighted by Gasteiger charge is -2.68. The highest BCUT2D eigenvalue weighted by Crippen LogP contribution is 2.71. The Morgan fingerprint density at radius 1 is 0.576 bits per heavy atom. The van der Waals surface area contributed by atoms with Crippen LogP contribution in [0.15, 0.2) is 48.6 Å². The summed E-state index contributed by atoms with van der Waals surface area (Å²) in [6.07, 6.45) is -21.1. The van der Waals surface area contributed by atoms with Gasteiger partial charge in [-0.2, -0.15) is 0 Å². The minimum absolute atomic E-state index is 0.0443. The Balaban J connectivity index is 0.660. The zero-order valence-electron chi connectivity index (χ0n) is 58.6. The molecule has 10 aliphatic rings. The molecule has 562 valence electrons. The summed E-state index contributed by atoms with van der Waals surface area (Å²) in [6, 6.07) is 9.18. The van der Waals surface area contributed by atoms with Gasteiger partial charge < -0.3 is 137 Å². The average molecular weight is 1410 g/mol. The summed E-state index contributed by atoms with van der Waals surface area (Å²) < 4.78 is 106. The number of benzene rings is 1. The molecule has 1 unspecified atom stereocenters. The van der Waals surface area contributed by atoms with E-state index in [-0.39, 0.29) is 51.4 Å². The summed E-state index contributed by atoms with van der Waals surface area (Å²) >= 11 is 0. The van der Waals surface area contributed by atoms with E-state index in [2.05, 4.69) is 0 Å². The van der Waals surface area contributed by atoms with Crippen LogP contribution in [0.5, 0.6) is 0 Å². The number of esters is 1. The number of aliphatic hydroxyl groups is 11. The number of rotatable bonds is 21. The van der Waals surface area contributed by atoms with Crippen molar-refractivity contribution in [3.05, 3.63) is 54.1 Å². The predicted octanol–water partition coefficient (Wildman–Crippen LogP) is 0.674. The maximum atomic E-state index is 13.7. The molecule has 0 bridgehead atoms. The summed E-state index contributed by atoms with van der Waals surface area (Å²) in [5.74, 6) is -1.61. The van der Waals surface area contributed by atoms with Gasteiger partial charge in [0.05, 0.1) is 84.8 Å². The predicted molar refractivity (Wildman–Crippen MR) is 342 cm³/mol. The lowest BCUT2D eigenvalue weighted by Crippen LogP contribution is -2.80. The number of hydrogen-bond donors (Lipinski definition) is 11. The van der Waals surface area contributed by atoms with Crippen molar-refractivity contribution in [1.82, 2.24) is 0 Å².